The van der Waals surface area contributed by atoms with Crippen molar-refractivity contribution in [3.63, 3.8) is 0 Å². The van der Waals surface area contributed by atoms with Crippen LogP contribution in [0.1, 0.15) is 12.8 Å². The standard InChI is InChI=1S/C10H15N3.ClH/c1-2-6-12-10(3-1)13-9-4-7-11-8-5-9;/h1-3,6,9,11H,4-5,7-8H2,(H,12,13);1H. The molecule has 0 aliphatic carbocycles. The molecule has 1 aromatic rings. The Morgan fingerprint density at radius 1 is 1.29 bits per heavy atom. The molecule has 0 amide bonds. The normalized spacial score (nSPS) is 17.1. The summed E-state index contributed by atoms with van der Waals surface area (Å²) in [5, 5.41) is 6.77. The molecule has 3 nitrogen and oxygen atoms in total. The summed E-state index contributed by atoms with van der Waals surface area (Å²) < 4.78 is 0. The van der Waals surface area contributed by atoms with Crippen molar-refractivity contribution in [1.82, 2.24) is 10.3 Å². The summed E-state index contributed by atoms with van der Waals surface area (Å²) in [7, 11) is 0. The number of nitrogens with one attached hydrogen (secondary N) is 2. The van der Waals surface area contributed by atoms with Crippen LogP contribution in [0.4, 0.5) is 5.82 Å². The molecule has 0 radical (unpaired) electrons. The highest BCUT2D eigenvalue weighted by molar-refractivity contribution is 5.85. The molecular formula is C10H16ClN3. The Labute approximate surface area is 90.7 Å². The Bertz CT molecular complexity index is 247. The second kappa shape index (κ2) is 5.83. The van der Waals surface area contributed by atoms with Gasteiger partial charge < -0.3 is 10.6 Å². The number of pyridine rings is 1. The first-order valence-electron chi connectivity index (χ1n) is 4.83. The zero-order chi connectivity index (χ0) is 8.93. The largest absolute Gasteiger partial charge is 0.367 e. The second-order valence-corrected chi connectivity index (χ2v) is 3.38. The average Bonchev–Trinajstić information content (AvgIpc) is 2.21. The second-order valence-electron chi connectivity index (χ2n) is 3.38. The summed E-state index contributed by atoms with van der Waals surface area (Å²) in [5.74, 6) is 0.995. The van der Waals surface area contributed by atoms with Crippen molar-refractivity contribution in [3.8, 4) is 0 Å². The van der Waals surface area contributed by atoms with Crippen LogP contribution in [-0.2, 0) is 0 Å². The van der Waals surface area contributed by atoms with Crippen molar-refractivity contribution in [3.05, 3.63) is 24.4 Å². The van der Waals surface area contributed by atoms with Crippen molar-refractivity contribution < 1.29 is 0 Å². The Balaban J connectivity index is 0.000000980. The molecular weight excluding hydrogens is 198 g/mol. The third kappa shape index (κ3) is 3.16. The number of hydrogen-bond donors (Lipinski definition) is 2. The van der Waals surface area contributed by atoms with E-state index in [0.717, 1.165) is 18.9 Å². The maximum Gasteiger partial charge on any atom is 0.126 e. The summed E-state index contributed by atoms with van der Waals surface area (Å²) in [6, 6.07) is 6.56. The lowest BCUT2D eigenvalue weighted by molar-refractivity contribution is 0.478. The van der Waals surface area contributed by atoms with Gasteiger partial charge in [0, 0.05) is 12.2 Å². The Morgan fingerprint density at radius 3 is 2.71 bits per heavy atom. The van der Waals surface area contributed by atoms with Gasteiger partial charge in [-0.15, -0.1) is 12.4 Å². The van der Waals surface area contributed by atoms with Crippen molar-refractivity contribution in [2.24, 2.45) is 0 Å². The first-order chi connectivity index (χ1) is 6.45. The highest BCUT2D eigenvalue weighted by Gasteiger charge is 2.12. The number of piperidine rings is 1. The van der Waals surface area contributed by atoms with Gasteiger partial charge in [0.1, 0.15) is 5.82 Å². The molecule has 0 spiro atoms. The quantitative estimate of drug-likeness (QED) is 0.785. The molecule has 0 bridgehead atoms. The van der Waals surface area contributed by atoms with Gasteiger partial charge >= 0.3 is 0 Å². The molecule has 0 saturated carbocycles. The number of hydrogen-bond acceptors (Lipinski definition) is 3. The van der Waals surface area contributed by atoms with E-state index in [0.29, 0.717) is 6.04 Å². The summed E-state index contributed by atoms with van der Waals surface area (Å²) in [6.07, 6.45) is 4.20. The zero-order valence-corrected chi connectivity index (χ0v) is 8.89. The van der Waals surface area contributed by atoms with Gasteiger partial charge in [-0.3, -0.25) is 0 Å². The van der Waals surface area contributed by atoms with Gasteiger partial charge in [-0.05, 0) is 38.1 Å². The van der Waals surface area contributed by atoms with Crippen LogP contribution in [0.5, 0.6) is 0 Å². The van der Waals surface area contributed by atoms with E-state index >= 15 is 0 Å². The molecule has 14 heavy (non-hydrogen) atoms. The van der Waals surface area contributed by atoms with Crippen molar-refractivity contribution >= 4 is 18.2 Å². The van der Waals surface area contributed by atoms with Gasteiger partial charge in [0.25, 0.3) is 0 Å². The number of aromatic nitrogens is 1. The molecule has 1 aliphatic rings. The summed E-state index contributed by atoms with van der Waals surface area (Å²) in [5.41, 5.74) is 0. The Hall–Kier alpha value is -0.800. The lowest BCUT2D eigenvalue weighted by Crippen LogP contribution is -2.35. The number of anilines is 1. The molecule has 0 aromatic carbocycles. The minimum atomic E-state index is 0. The maximum atomic E-state index is 4.24. The first kappa shape index (κ1) is 11.3. The van der Waals surface area contributed by atoms with Gasteiger partial charge in [0.15, 0.2) is 0 Å². The van der Waals surface area contributed by atoms with E-state index in [9.17, 15) is 0 Å². The molecule has 2 N–H and O–H groups in total. The van der Waals surface area contributed by atoms with Gasteiger partial charge in [0.05, 0.1) is 0 Å². The number of rotatable bonds is 2. The smallest absolute Gasteiger partial charge is 0.126 e. The minimum Gasteiger partial charge on any atom is -0.367 e. The van der Waals surface area contributed by atoms with Gasteiger partial charge in [0.2, 0.25) is 0 Å². The van der Waals surface area contributed by atoms with Crippen LogP contribution >= 0.6 is 12.4 Å². The monoisotopic (exact) mass is 213 g/mol. The lowest BCUT2D eigenvalue weighted by atomic mass is 10.1. The van der Waals surface area contributed by atoms with E-state index in [1.807, 2.05) is 24.4 Å². The summed E-state index contributed by atoms with van der Waals surface area (Å²) in [4.78, 5) is 4.24. The van der Waals surface area contributed by atoms with E-state index in [1.165, 1.54) is 12.8 Å². The van der Waals surface area contributed by atoms with E-state index in [2.05, 4.69) is 15.6 Å². The Kier molecular flexibility index (Phi) is 4.70. The lowest BCUT2D eigenvalue weighted by Gasteiger charge is -2.23. The van der Waals surface area contributed by atoms with Gasteiger partial charge in [-0.1, -0.05) is 6.07 Å². The molecule has 1 saturated heterocycles. The maximum absolute atomic E-state index is 4.24. The fraction of sp³-hybridized carbons (Fsp3) is 0.500. The molecule has 0 atom stereocenters. The summed E-state index contributed by atoms with van der Waals surface area (Å²) in [6.45, 7) is 2.23. The molecule has 2 rings (SSSR count). The van der Waals surface area contributed by atoms with E-state index in [-0.39, 0.29) is 12.4 Å². The van der Waals surface area contributed by atoms with Crippen molar-refractivity contribution in [2.45, 2.75) is 18.9 Å². The fourth-order valence-electron chi connectivity index (χ4n) is 1.62. The first-order valence-corrected chi connectivity index (χ1v) is 4.83. The Morgan fingerprint density at radius 2 is 2.07 bits per heavy atom. The third-order valence-corrected chi connectivity index (χ3v) is 2.36. The van der Waals surface area contributed by atoms with Crippen LogP contribution < -0.4 is 10.6 Å². The molecule has 0 unspecified atom stereocenters. The fourth-order valence-corrected chi connectivity index (χ4v) is 1.62. The van der Waals surface area contributed by atoms with Gasteiger partial charge in [-0.2, -0.15) is 0 Å². The third-order valence-electron chi connectivity index (χ3n) is 2.36. The average molecular weight is 214 g/mol. The van der Waals surface area contributed by atoms with Crippen LogP contribution in [0.2, 0.25) is 0 Å². The van der Waals surface area contributed by atoms with Gasteiger partial charge in [-0.25, -0.2) is 4.98 Å². The van der Waals surface area contributed by atoms with E-state index in [4.69, 9.17) is 0 Å². The molecule has 1 aromatic heterocycles. The number of nitrogens with zero attached hydrogens (tertiary/aromatic N) is 1. The number of halogens is 1. The SMILES string of the molecule is Cl.c1ccc(NC2CCNCC2)nc1. The predicted octanol–water partition coefficient (Wildman–Crippen LogP) is 1.67. The van der Waals surface area contributed by atoms with Crippen molar-refractivity contribution in [1.29, 1.82) is 0 Å². The summed E-state index contributed by atoms with van der Waals surface area (Å²) >= 11 is 0. The molecule has 4 heteroatoms. The highest BCUT2D eigenvalue weighted by Crippen LogP contribution is 2.09. The van der Waals surface area contributed by atoms with Crippen LogP contribution in [0.15, 0.2) is 24.4 Å². The van der Waals surface area contributed by atoms with Crippen LogP contribution in [-0.4, -0.2) is 24.1 Å². The molecule has 78 valence electrons. The van der Waals surface area contributed by atoms with E-state index in [1.54, 1.807) is 0 Å². The van der Waals surface area contributed by atoms with Crippen LogP contribution in [0.3, 0.4) is 0 Å². The predicted molar refractivity (Wildman–Crippen MR) is 61.0 cm³/mol. The van der Waals surface area contributed by atoms with Crippen LogP contribution in [0.25, 0.3) is 0 Å². The molecule has 1 fully saturated rings. The highest BCUT2D eigenvalue weighted by atomic mass is 35.5. The molecule has 2 heterocycles. The molecule has 1 aliphatic heterocycles. The zero-order valence-electron chi connectivity index (χ0n) is 8.07. The van der Waals surface area contributed by atoms with Crippen molar-refractivity contribution in [2.75, 3.05) is 18.4 Å². The van der Waals surface area contributed by atoms with Crippen LogP contribution in [0, 0.1) is 0 Å². The minimum absolute atomic E-state index is 0. The van der Waals surface area contributed by atoms with E-state index < -0.39 is 0 Å². The topological polar surface area (TPSA) is 37.0 Å².